The number of rotatable bonds is 3. The summed E-state index contributed by atoms with van der Waals surface area (Å²) in [5, 5.41) is 27.8. The lowest BCUT2D eigenvalue weighted by Gasteiger charge is -2.17. The molecule has 4 heteroatoms. The molecule has 0 spiro atoms. The van der Waals surface area contributed by atoms with Crippen LogP contribution in [0.4, 0.5) is 0 Å². The second-order valence-corrected chi connectivity index (χ2v) is 3.63. The topological polar surface area (TPSA) is 60.7 Å². The van der Waals surface area contributed by atoms with E-state index in [4.69, 9.17) is 16.7 Å². The molecule has 3 nitrogen and oxygen atoms in total. The Balaban J connectivity index is 2.95. The molecule has 1 aromatic rings. The Morgan fingerprint density at radius 3 is 2.50 bits per heavy atom. The maximum Gasteiger partial charge on any atom is 0.109 e. The molecule has 0 radical (unpaired) electrons. The van der Waals surface area contributed by atoms with Gasteiger partial charge in [-0.1, -0.05) is 23.7 Å². The van der Waals surface area contributed by atoms with Crippen molar-refractivity contribution in [1.29, 1.82) is 0 Å². The fraction of sp³-hybridized carbons (Fsp3) is 0.400. The summed E-state index contributed by atoms with van der Waals surface area (Å²) in [7, 11) is 0. The smallest absolute Gasteiger partial charge is 0.109 e. The molecular formula is C10H13ClO3. The van der Waals surface area contributed by atoms with Crippen LogP contribution in [-0.2, 0) is 0 Å². The highest BCUT2D eigenvalue weighted by Crippen LogP contribution is 2.26. The van der Waals surface area contributed by atoms with Crippen molar-refractivity contribution >= 4 is 11.6 Å². The zero-order valence-corrected chi connectivity index (χ0v) is 8.57. The molecule has 0 bridgehead atoms. The van der Waals surface area contributed by atoms with Gasteiger partial charge < -0.3 is 15.3 Å². The lowest BCUT2D eigenvalue weighted by atomic mass is 10.0. The van der Waals surface area contributed by atoms with E-state index in [-0.39, 0.29) is 0 Å². The van der Waals surface area contributed by atoms with Crippen molar-refractivity contribution in [3.8, 4) is 0 Å². The molecule has 0 amide bonds. The molecule has 2 atom stereocenters. The third kappa shape index (κ3) is 2.45. The van der Waals surface area contributed by atoms with Crippen molar-refractivity contribution < 1.29 is 15.3 Å². The van der Waals surface area contributed by atoms with E-state index in [1.54, 1.807) is 18.2 Å². The first kappa shape index (κ1) is 11.5. The Labute approximate surface area is 87.6 Å². The molecule has 78 valence electrons. The van der Waals surface area contributed by atoms with Crippen molar-refractivity contribution in [3.05, 3.63) is 34.3 Å². The number of hydrogen-bond donors (Lipinski definition) is 3. The van der Waals surface area contributed by atoms with Crippen LogP contribution in [0.5, 0.6) is 0 Å². The van der Waals surface area contributed by atoms with Crippen LogP contribution in [0.2, 0.25) is 5.02 Å². The number of aryl methyl sites for hydroxylation is 1. The van der Waals surface area contributed by atoms with E-state index in [1.165, 1.54) is 0 Å². The zero-order valence-electron chi connectivity index (χ0n) is 7.81. The number of halogens is 1. The summed E-state index contributed by atoms with van der Waals surface area (Å²) in [5.74, 6) is 0. The summed E-state index contributed by atoms with van der Waals surface area (Å²) in [6.45, 7) is 1.38. The first-order valence-electron chi connectivity index (χ1n) is 4.29. The molecule has 1 rings (SSSR count). The Morgan fingerprint density at radius 2 is 2.00 bits per heavy atom. The third-order valence-electron chi connectivity index (χ3n) is 2.03. The molecule has 0 aliphatic rings. The van der Waals surface area contributed by atoms with Gasteiger partial charge in [-0.25, -0.2) is 0 Å². The van der Waals surface area contributed by atoms with Gasteiger partial charge >= 0.3 is 0 Å². The molecule has 0 aromatic heterocycles. The van der Waals surface area contributed by atoms with Gasteiger partial charge in [-0.15, -0.1) is 0 Å². The predicted molar refractivity (Wildman–Crippen MR) is 54.2 cm³/mol. The number of hydrogen-bond acceptors (Lipinski definition) is 3. The molecule has 0 saturated carbocycles. The van der Waals surface area contributed by atoms with Crippen LogP contribution >= 0.6 is 11.6 Å². The molecule has 1 aromatic carbocycles. The van der Waals surface area contributed by atoms with Gasteiger partial charge in [0.25, 0.3) is 0 Å². The van der Waals surface area contributed by atoms with Crippen LogP contribution in [-0.4, -0.2) is 28.0 Å². The second-order valence-electron chi connectivity index (χ2n) is 3.22. The summed E-state index contributed by atoms with van der Waals surface area (Å²) in [4.78, 5) is 0. The highest BCUT2D eigenvalue weighted by Gasteiger charge is 2.19. The Morgan fingerprint density at radius 1 is 1.36 bits per heavy atom. The van der Waals surface area contributed by atoms with E-state index >= 15 is 0 Å². The van der Waals surface area contributed by atoms with E-state index in [0.29, 0.717) is 10.6 Å². The fourth-order valence-electron chi connectivity index (χ4n) is 1.18. The Kier molecular flexibility index (Phi) is 3.89. The van der Waals surface area contributed by atoms with Gasteiger partial charge in [-0.3, -0.25) is 0 Å². The molecule has 2 unspecified atom stereocenters. The first-order chi connectivity index (χ1) is 6.56. The minimum absolute atomic E-state index is 0.394. The number of aliphatic hydroxyl groups excluding tert-OH is 3. The summed E-state index contributed by atoms with van der Waals surface area (Å²) in [5.41, 5.74) is 1.41. The second kappa shape index (κ2) is 4.75. The SMILES string of the molecule is Cc1ccc(C(O)C(O)CO)c(Cl)c1. The van der Waals surface area contributed by atoms with Gasteiger partial charge in [-0.05, 0) is 18.6 Å². The van der Waals surface area contributed by atoms with Crippen molar-refractivity contribution in [2.45, 2.75) is 19.1 Å². The highest BCUT2D eigenvalue weighted by molar-refractivity contribution is 6.31. The van der Waals surface area contributed by atoms with Gasteiger partial charge in [0.2, 0.25) is 0 Å². The minimum Gasteiger partial charge on any atom is -0.394 e. The molecular weight excluding hydrogens is 204 g/mol. The van der Waals surface area contributed by atoms with Crippen LogP contribution in [0, 0.1) is 6.92 Å². The Hall–Kier alpha value is -0.610. The third-order valence-corrected chi connectivity index (χ3v) is 2.35. The van der Waals surface area contributed by atoms with Crippen molar-refractivity contribution in [3.63, 3.8) is 0 Å². The molecule has 0 aliphatic heterocycles. The van der Waals surface area contributed by atoms with Crippen LogP contribution in [0.3, 0.4) is 0 Å². The van der Waals surface area contributed by atoms with Crippen molar-refractivity contribution in [2.75, 3.05) is 6.61 Å². The van der Waals surface area contributed by atoms with Crippen LogP contribution in [0.1, 0.15) is 17.2 Å². The quantitative estimate of drug-likeness (QED) is 0.708. The minimum atomic E-state index is -1.20. The largest absolute Gasteiger partial charge is 0.394 e. The Bertz CT molecular complexity index is 314. The molecule has 0 aliphatic carbocycles. The van der Waals surface area contributed by atoms with Crippen molar-refractivity contribution in [1.82, 2.24) is 0 Å². The average Bonchev–Trinajstić information content (AvgIpc) is 2.15. The number of aliphatic hydroxyl groups is 3. The van der Waals surface area contributed by atoms with E-state index in [9.17, 15) is 10.2 Å². The van der Waals surface area contributed by atoms with E-state index in [1.807, 2.05) is 6.92 Å². The van der Waals surface area contributed by atoms with Gasteiger partial charge in [0, 0.05) is 10.6 Å². The van der Waals surface area contributed by atoms with Crippen LogP contribution < -0.4 is 0 Å². The maximum atomic E-state index is 9.57. The molecule has 0 fully saturated rings. The van der Waals surface area contributed by atoms with Crippen LogP contribution in [0.25, 0.3) is 0 Å². The monoisotopic (exact) mass is 216 g/mol. The van der Waals surface area contributed by atoms with Gasteiger partial charge in [-0.2, -0.15) is 0 Å². The van der Waals surface area contributed by atoms with E-state index in [2.05, 4.69) is 0 Å². The summed E-state index contributed by atoms with van der Waals surface area (Å²) in [6.07, 6.45) is -2.34. The normalized spacial score (nSPS) is 15.2. The van der Waals surface area contributed by atoms with Gasteiger partial charge in [0.15, 0.2) is 0 Å². The summed E-state index contributed by atoms with van der Waals surface area (Å²) in [6, 6.07) is 5.12. The molecule has 0 saturated heterocycles. The van der Waals surface area contributed by atoms with Crippen LogP contribution in [0.15, 0.2) is 18.2 Å². The van der Waals surface area contributed by atoms with E-state index < -0.39 is 18.8 Å². The lowest BCUT2D eigenvalue weighted by molar-refractivity contribution is -0.0152. The lowest BCUT2D eigenvalue weighted by Crippen LogP contribution is -2.22. The molecule has 0 heterocycles. The highest BCUT2D eigenvalue weighted by atomic mass is 35.5. The van der Waals surface area contributed by atoms with Gasteiger partial charge in [0.05, 0.1) is 6.61 Å². The molecule has 3 N–H and O–H groups in total. The first-order valence-corrected chi connectivity index (χ1v) is 4.67. The maximum absolute atomic E-state index is 9.57. The average molecular weight is 217 g/mol. The van der Waals surface area contributed by atoms with Crippen molar-refractivity contribution in [2.24, 2.45) is 0 Å². The molecule has 14 heavy (non-hydrogen) atoms. The van der Waals surface area contributed by atoms with E-state index in [0.717, 1.165) is 5.56 Å². The van der Waals surface area contributed by atoms with Gasteiger partial charge in [0.1, 0.15) is 12.2 Å². The summed E-state index contributed by atoms with van der Waals surface area (Å²) >= 11 is 5.87. The fourth-order valence-corrected chi connectivity index (χ4v) is 1.53. The summed E-state index contributed by atoms with van der Waals surface area (Å²) < 4.78 is 0. The number of benzene rings is 1. The standard InChI is InChI=1S/C10H13ClO3/c1-6-2-3-7(8(11)4-6)10(14)9(13)5-12/h2-4,9-10,12-14H,5H2,1H3. The zero-order chi connectivity index (χ0) is 10.7. The predicted octanol–water partition coefficient (Wildman–Crippen LogP) is 1.04.